The van der Waals surface area contributed by atoms with Gasteiger partial charge >= 0.3 is 0 Å². The molecular weight excluding hydrogens is 320 g/mol. The van der Waals surface area contributed by atoms with Gasteiger partial charge in [-0.25, -0.2) is 0 Å². The Bertz CT molecular complexity index is 519. The van der Waals surface area contributed by atoms with Gasteiger partial charge in [0, 0.05) is 4.47 Å². The van der Waals surface area contributed by atoms with Crippen molar-refractivity contribution in [2.75, 3.05) is 13.2 Å². The molecule has 1 aromatic carbocycles. The maximum atomic E-state index is 10.7. The van der Waals surface area contributed by atoms with Gasteiger partial charge in [-0.05, 0) is 48.3 Å². The smallest absolute Gasteiger partial charge is 0.162 e. The molecule has 4 heteroatoms. The summed E-state index contributed by atoms with van der Waals surface area (Å²) in [4.78, 5) is 0. The maximum Gasteiger partial charge on any atom is 0.162 e. The van der Waals surface area contributed by atoms with Crippen molar-refractivity contribution < 1.29 is 14.6 Å². The summed E-state index contributed by atoms with van der Waals surface area (Å²) in [6.07, 6.45) is 4.84. The average Bonchev–Trinajstić information content (AvgIpc) is 3.20. The minimum Gasteiger partial charge on any atom is -0.486 e. The molecule has 1 aromatic rings. The Hall–Kier alpha value is -0.740. The van der Waals surface area contributed by atoms with Crippen LogP contribution < -0.4 is 9.47 Å². The fourth-order valence-electron chi connectivity index (χ4n) is 4.03. The zero-order valence-corrected chi connectivity index (χ0v) is 12.9. The molecule has 4 rings (SSSR count). The van der Waals surface area contributed by atoms with Gasteiger partial charge < -0.3 is 14.6 Å². The summed E-state index contributed by atoms with van der Waals surface area (Å²) in [7, 11) is 0. The predicted octanol–water partition coefficient (Wildman–Crippen LogP) is 3.69. The number of fused-ring (bicyclic) bond motifs is 2. The highest BCUT2D eigenvalue weighted by molar-refractivity contribution is 9.10. The molecule has 1 heterocycles. The molecule has 1 N–H and O–H groups in total. The maximum absolute atomic E-state index is 10.7. The third-order valence-corrected chi connectivity index (χ3v) is 5.75. The van der Waals surface area contributed by atoms with Crippen LogP contribution in [0.15, 0.2) is 16.6 Å². The first kappa shape index (κ1) is 13.0. The monoisotopic (exact) mass is 338 g/mol. The minimum absolute atomic E-state index is 0.381. The molecule has 0 saturated heterocycles. The van der Waals surface area contributed by atoms with Gasteiger partial charge in [0.15, 0.2) is 11.5 Å². The Labute approximate surface area is 127 Å². The van der Waals surface area contributed by atoms with Crippen LogP contribution >= 0.6 is 15.9 Å². The Kier molecular flexibility index (Phi) is 3.19. The lowest BCUT2D eigenvalue weighted by Crippen LogP contribution is -2.16. The fraction of sp³-hybridized carbons (Fsp3) is 0.625. The van der Waals surface area contributed by atoms with Crippen molar-refractivity contribution in [2.45, 2.75) is 31.8 Å². The van der Waals surface area contributed by atoms with E-state index in [0.29, 0.717) is 19.1 Å². The molecule has 1 aliphatic heterocycles. The van der Waals surface area contributed by atoms with Gasteiger partial charge in [-0.3, -0.25) is 0 Å². The summed E-state index contributed by atoms with van der Waals surface area (Å²) >= 11 is 3.58. The third-order valence-electron chi connectivity index (χ3n) is 5.07. The van der Waals surface area contributed by atoms with Crippen molar-refractivity contribution in [1.82, 2.24) is 0 Å². The van der Waals surface area contributed by atoms with Gasteiger partial charge in [0.25, 0.3) is 0 Å². The minimum atomic E-state index is -0.381. The Morgan fingerprint density at radius 3 is 2.30 bits per heavy atom. The fourth-order valence-corrected chi connectivity index (χ4v) is 4.59. The van der Waals surface area contributed by atoms with E-state index in [1.807, 2.05) is 12.1 Å². The van der Waals surface area contributed by atoms with E-state index in [4.69, 9.17) is 9.47 Å². The van der Waals surface area contributed by atoms with Crippen LogP contribution in [0.4, 0.5) is 0 Å². The van der Waals surface area contributed by atoms with Crippen LogP contribution in [0.1, 0.15) is 37.4 Å². The van der Waals surface area contributed by atoms with Crippen LogP contribution in [0.3, 0.4) is 0 Å². The van der Waals surface area contributed by atoms with Crippen molar-refractivity contribution >= 4 is 15.9 Å². The summed E-state index contributed by atoms with van der Waals surface area (Å²) in [5, 5.41) is 10.7. The number of ether oxygens (including phenoxy) is 2. The molecule has 2 fully saturated rings. The van der Waals surface area contributed by atoms with Gasteiger partial charge in [-0.2, -0.15) is 0 Å². The van der Waals surface area contributed by atoms with E-state index in [2.05, 4.69) is 15.9 Å². The lowest BCUT2D eigenvalue weighted by Gasteiger charge is -2.21. The van der Waals surface area contributed by atoms with Crippen LogP contribution in [0.5, 0.6) is 11.5 Å². The highest BCUT2D eigenvalue weighted by Crippen LogP contribution is 2.61. The molecule has 2 aliphatic carbocycles. The van der Waals surface area contributed by atoms with E-state index in [1.54, 1.807) is 0 Å². The zero-order chi connectivity index (χ0) is 13.7. The number of aliphatic hydroxyl groups excluding tert-OH is 1. The second-order valence-corrected chi connectivity index (χ2v) is 7.01. The highest BCUT2D eigenvalue weighted by atomic mass is 79.9. The Morgan fingerprint density at radius 2 is 1.65 bits per heavy atom. The molecule has 0 amide bonds. The van der Waals surface area contributed by atoms with Crippen molar-refractivity contribution in [3.8, 4) is 11.5 Å². The summed E-state index contributed by atoms with van der Waals surface area (Å²) in [5.41, 5.74) is 0.952. The molecule has 2 saturated carbocycles. The molecule has 0 bridgehead atoms. The van der Waals surface area contributed by atoms with E-state index < -0.39 is 0 Å². The normalized spacial score (nSPS) is 32.4. The standard InChI is InChI=1S/C16H19BrO3/c17-12-8-14-13(19-5-6-20-14)7-11(12)16(18)15-9-3-1-2-4-10(9)15/h7-10,15-16,18H,1-6H2. The van der Waals surface area contributed by atoms with E-state index in [-0.39, 0.29) is 6.10 Å². The van der Waals surface area contributed by atoms with Crippen molar-refractivity contribution in [3.63, 3.8) is 0 Å². The number of hydrogen-bond donors (Lipinski definition) is 1. The SMILES string of the molecule is OC(c1cc2c(cc1Br)OCCO2)C1C2CCCCC21. The van der Waals surface area contributed by atoms with Crippen molar-refractivity contribution in [1.29, 1.82) is 0 Å². The van der Waals surface area contributed by atoms with Gasteiger partial charge in [-0.15, -0.1) is 0 Å². The van der Waals surface area contributed by atoms with Gasteiger partial charge in [0.2, 0.25) is 0 Å². The quantitative estimate of drug-likeness (QED) is 0.893. The third kappa shape index (κ3) is 2.04. The molecule has 0 aromatic heterocycles. The summed E-state index contributed by atoms with van der Waals surface area (Å²) < 4.78 is 12.1. The molecule has 3 atom stereocenters. The largest absolute Gasteiger partial charge is 0.486 e. The van der Waals surface area contributed by atoms with E-state index in [0.717, 1.165) is 33.4 Å². The second kappa shape index (κ2) is 4.92. The molecule has 20 heavy (non-hydrogen) atoms. The molecule has 3 aliphatic rings. The zero-order valence-electron chi connectivity index (χ0n) is 11.3. The van der Waals surface area contributed by atoms with Crippen LogP contribution in [0.2, 0.25) is 0 Å². The number of hydrogen-bond acceptors (Lipinski definition) is 3. The lowest BCUT2D eigenvalue weighted by atomic mass is 10.0. The second-order valence-electron chi connectivity index (χ2n) is 6.15. The summed E-state index contributed by atoms with van der Waals surface area (Å²) in [6, 6.07) is 3.88. The Balaban J connectivity index is 1.61. The first-order valence-electron chi connectivity index (χ1n) is 7.53. The first-order chi connectivity index (χ1) is 9.75. The van der Waals surface area contributed by atoms with Crippen LogP contribution in [-0.4, -0.2) is 18.3 Å². The van der Waals surface area contributed by atoms with Crippen LogP contribution in [0, 0.1) is 17.8 Å². The van der Waals surface area contributed by atoms with E-state index in [9.17, 15) is 5.11 Å². The number of rotatable bonds is 2. The molecule has 0 radical (unpaired) electrons. The number of benzene rings is 1. The molecule has 3 unspecified atom stereocenters. The molecular formula is C16H19BrO3. The van der Waals surface area contributed by atoms with Crippen LogP contribution in [0.25, 0.3) is 0 Å². The predicted molar refractivity (Wildman–Crippen MR) is 79.0 cm³/mol. The molecule has 3 nitrogen and oxygen atoms in total. The van der Waals surface area contributed by atoms with Gasteiger partial charge in [-0.1, -0.05) is 28.8 Å². The molecule has 108 valence electrons. The average molecular weight is 339 g/mol. The number of halogens is 1. The Morgan fingerprint density at radius 1 is 1.05 bits per heavy atom. The van der Waals surface area contributed by atoms with E-state index in [1.165, 1.54) is 25.7 Å². The van der Waals surface area contributed by atoms with Gasteiger partial charge in [0.1, 0.15) is 13.2 Å². The van der Waals surface area contributed by atoms with Crippen molar-refractivity contribution in [2.24, 2.45) is 17.8 Å². The summed E-state index contributed by atoms with van der Waals surface area (Å²) in [6.45, 7) is 1.17. The van der Waals surface area contributed by atoms with Gasteiger partial charge in [0.05, 0.1) is 6.10 Å². The molecule has 0 spiro atoms. The topological polar surface area (TPSA) is 38.7 Å². The lowest BCUT2D eigenvalue weighted by molar-refractivity contribution is 0.138. The van der Waals surface area contributed by atoms with Crippen LogP contribution in [-0.2, 0) is 0 Å². The van der Waals surface area contributed by atoms with E-state index >= 15 is 0 Å². The first-order valence-corrected chi connectivity index (χ1v) is 8.32. The number of aliphatic hydroxyl groups is 1. The highest BCUT2D eigenvalue weighted by Gasteiger charge is 2.54. The summed E-state index contributed by atoms with van der Waals surface area (Å²) in [5.74, 6) is 3.44. The van der Waals surface area contributed by atoms with Crippen molar-refractivity contribution in [3.05, 3.63) is 22.2 Å².